The van der Waals surface area contributed by atoms with Crippen LogP contribution in [0.3, 0.4) is 0 Å². The maximum Gasteiger partial charge on any atom is 0.128 e. The zero-order chi connectivity index (χ0) is 10.7. The Morgan fingerprint density at radius 3 is 2.80 bits per heavy atom. The first-order valence-corrected chi connectivity index (χ1v) is 5.02. The van der Waals surface area contributed by atoms with E-state index in [0.717, 1.165) is 6.42 Å². The molecule has 0 N–H and O–H groups in total. The molecule has 3 heteroatoms. The average molecular weight is 205 g/mol. The highest BCUT2D eigenvalue weighted by molar-refractivity contribution is 5.34. The molecule has 15 heavy (non-hydrogen) atoms. The molecule has 0 amide bonds. The molecule has 78 valence electrons. The second kappa shape index (κ2) is 4.00. The van der Waals surface area contributed by atoms with Crippen molar-refractivity contribution < 1.29 is 9.13 Å². The Morgan fingerprint density at radius 2 is 2.20 bits per heavy atom. The summed E-state index contributed by atoms with van der Waals surface area (Å²) in [6.07, 6.45) is 1.48. The van der Waals surface area contributed by atoms with Gasteiger partial charge < -0.3 is 4.74 Å². The van der Waals surface area contributed by atoms with E-state index in [1.54, 1.807) is 18.2 Å². The Labute approximate surface area is 88.3 Å². The number of ether oxygens (including phenoxy) is 1. The van der Waals surface area contributed by atoms with Crippen LogP contribution in [0.15, 0.2) is 24.3 Å². The van der Waals surface area contributed by atoms with Gasteiger partial charge >= 0.3 is 0 Å². The van der Waals surface area contributed by atoms with Crippen molar-refractivity contribution in [2.45, 2.75) is 18.3 Å². The van der Waals surface area contributed by atoms with Crippen LogP contribution in [0, 0.1) is 17.1 Å². The molecule has 1 aromatic carbocycles. The minimum atomic E-state index is -0.788. The molecule has 1 atom stereocenters. The molecule has 0 aliphatic carbocycles. The molecule has 0 saturated carbocycles. The average Bonchev–Trinajstić information content (AvgIpc) is 2.30. The standard InChI is InChI=1S/C12H12FNO/c13-11-5-2-1-4-10(11)12(8-14)6-3-7-15-9-12/h1-2,4-5H,3,6-7,9H2/t12-/m0/s1. The lowest BCUT2D eigenvalue weighted by Crippen LogP contribution is -2.35. The van der Waals surface area contributed by atoms with Crippen LogP contribution < -0.4 is 0 Å². The van der Waals surface area contributed by atoms with Crippen molar-refractivity contribution >= 4 is 0 Å². The van der Waals surface area contributed by atoms with Crippen molar-refractivity contribution in [2.24, 2.45) is 0 Å². The summed E-state index contributed by atoms with van der Waals surface area (Å²) in [5, 5.41) is 9.22. The number of hydrogen-bond acceptors (Lipinski definition) is 2. The fourth-order valence-electron chi connectivity index (χ4n) is 2.00. The van der Waals surface area contributed by atoms with Crippen LogP contribution in [0.4, 0.5) is 4.39 Å². The summed E-state index contributed by atoms with van der Waals surface area (Å²) in [5.74, 6) is -0.315. The van der Waals surface area contributed by atoms with Gasteiger partial charge in [0.2, 0.25) is 0 Å². The summed E-state index contributed by atoms with van der Waals surface area (Å²) in [6.45, 7) is 0.961. The highest BCUT2D eigenvalue weighted by Crippen LogP contribution is 2.33. The van der Waals surface area contributed by atoms with E-state index >= 15 is 0 Å². The molecule has 1 aromatic rings. The second-order valence-electron chi connectivity index (χ2n) is 3.83. The van der Waals surface area contributed by atoms with Crippen molar-refractivity contribution in [2.75, 3.05) is 13.2 Å². The van der Waals surface area contributed by atoms with Gasteiger partial charge in [-0.1, -0.05) is 18.2 Å². The molecule has 1 aliphatic rings. The lowest BCUT2D eigenvalue weighted by atomic mass is 9.77. The quantitative estimate of drug-likeness (QED) is 0.705. The first kappa shape index (κ1) is 10.1. The summed E-state index contributed by atoms with van der Waals surface area (Å²) < 4.78 is 18.9. The molecule has 0 bridgehead atoms. The predicted molar refractivity (Wildman–Crippen MR) is 53.7 cm³/mol. The molecule has 1 saturated heterocycles. The highest BCUT2D eigenvalue weighted by Gasteiger charge is 2.36. The van der Waals surface area contributed by atoms with Crippen molar-refractivity contribution in [1.82, 2.24) is 0 Å². The van der Waals surface area contributed by atoms with Gasteiger partial charge in [0, 0.05) is 12.2 Å². The smallest absolute Gasteiger partial charge is 0.128 e. The van der Waals surface area contributed by atoms with Crippen LogP contribution in [-0.4, -0.2) is 13.2 Å². The Bertz CT molecular complexity index is 391. The highest BCUT2D eigenvalue weighted by atomic mass is 19.1. The van der Waals surface area contributed by atoms with E-state index in [4.69, 9.17) is 4.74 Å². The number of rotatable bonds is 1. The Morgan fingerprint density at radius 1 is 1.40 bits per heavy atom. The van der Waals surface area contributed by atoms with Gasteiger partial charge in [0.25, 0.3) is 0 Å². The van der Waals surface area contributed by atoms with Crippen LogP contribution in [-0.2, 0) is 10.2 Å². The van der Waals surface area contributed by atoms with Gasteiger partial charge in [0.1, 0.15) is 11.2 Å². The van der Waals surface area contributed by atoms with Crippen LogP contribution in [0.2, 0.25) is 0 Å². The van der Waals surface area contributed by atoms with Gasteiger partial charge in [0.05, 0.1) is 12.7 Å². The van der Waals surface area contributed by atoms with Crippen LogP contribution in [0.5, 0.6) is 0 Å². The van der Waals surface area contributed by atoms with E-state index in [-0.39, 0.29) is 5.82 Å². The van der Waals surface area contributed by atoms with Crippen molar-refractivity contribution in [1.29, 1.82) is 5.26 Å². The van der Waals surface area contributed by atoms with Crippen LogP contribution in [0.25, 0.3) is 0 Å². The summed E-state index contributed by atoms with van der Waals surface area (Å²) in [4.78, 5) is 0. The topological polar surface area (TPSA) is 33.0 Å². The summed E-state index contributed by atoms with van der Waals surface area (Å²) in [7, 11) is 0. The minimum Gasteiger partial charge on any atom is -0.379 e. The molecule has 2 rings (SSSR count). The third kappa shape index (κ3) is 1.73. The van der Waals surface area contributed by atoms with E-state index in [1.165, 1.54) is 6.07 Å². The molecular formula is C12H12FNO. The van der Waals surface area contributed by atoms with E-state index in [2.05, 4.69) is 6.07 Å². The summed E-state index contributed by atoms with van der Waals surface area (Å²) in [5.41, 5.74) is -0.323. The van der Waals surface area contributed by atoms with E-state index in [1.807, 2.05) is 0 Å². The first-order valence-electron chi connectivity index (χ1n) is 5.02. The maximum absolute atomic E-state index is 13.6. The second-order valence-corrected chi connectivity index (χ2v) is 3.83. The largest absolute Gasteiger partial charge is 0.379 e. The number of nitriles is 1. The fourth-order valence-corrected chi connectivity index (χ4v) is 2.00. The van der Waals surface area contributed by atoms with Gasteiger partial charge in [0.15, 0.2) is 0 Å². The van der Waals surface area contributed by atoms with Crippen molar-refractivity contribution in [3.63, 3.8) is 0 Å². The van der Waals surface area contributed by atoms with E-state index < -0.39 is 5.41 Å². The SMILES string of the molecule is N#C[C@@]1(c2ccccc2F)CCCOC1. The van der Waals surface area contributed by atoms with Gasteiger partial charge in [-0.15, -0.1) is 0 Å². The molecule has 0 aromatic heterocycles. The number of nitrogens with zero attached hydrogens (tertiary/aromatic N) is 1. The maximum atomic E-state index is 13.6. The molecule has 2 nitrogen and oxygen atoms in total. The van der Waals surface area contributed by atoms with Gasteiger partial charge in [-0.2, -0.15) is 5.26 Å². The number of benzene rings is 1. The first-order chi connectivity index (χ1) is 7.28. The monoisotopic (exact) mass is 205 g/mol. The van der Waals surface area contributed by atoms with Gasteiger partial charge in [-0.05, 0) is 18.9 Å². The lowest BCUT2D eigenvalue weighted by molar-refractivity contribution is 0.0550. The number of hydrogen-bond donors (Lipinski definition) is 0. The third-order valence-corrected chi connectivity index (χ3v) is 2.84. The zero-order valence-corrected chi connectivity index (χ0v) is 8.37. The van der Waals surface area contributed by atoms with Crippen LogP contribution >= 0.6 is 0 Å². The summed E-state index contributed by atoms with van der Waals surface area (Å²) >= 11 is 0. The molecule has 1 heterocycles. The van der Waals surface area contributed by atoms with Crippen molar-refractivity contribution in [3.8, 4) is 6.07 Å². The Balaban J connectivity index is 2.42. The van der Waals surface area contributed by atoms with Gasteiger partial charge in [-0.3, -0.25) is 0 Å². The number of halogens is 1. The van der Waals surface area contributed by atoms with Crippen LogP contribution in [0.1, 0.15) is 18.4 Å². The fraction of sp³-hybridized carbons (Fsp3) is 0.417. The van der Waals surface area contributed by atoms with Gasteiger partial charge in [-0.25, -0.2) is 4.39 Å². The molecular weight excluding hydrogens is 193 g/mol. The van der Waals surface area contributed by atoms with Crippen molar-refractivity contribution in [3.05, 3.63) is 35.6 Å². The molecule has 0 spiro atoms. The zero-order valence-electron chi connectivity index (χ0n) is 8.37. The lowest BCUT2D eigenvalue weighted by Gasteiger charge is -2.31. The predicted octanol–water partition coefficient (Wildman–Crippen LogP) is 2.40. The molecule has 1 fully saturated rings. The summed E-state index contributed by atoms with van der Waals surface area (Å²) in [6, 6.07) is 8.66. The Kier molecular flexibility index (Phi) is 2.70. The normalized spacial score (nSPS) is 25.9. The third-order valence-electron chi connectivity index (χ3n) is 2.84. The Hall–Kier alpha value is -1.40. The molecule has 0 radical (unpaired) electrons. The molecule has 0 unspecified atom stereocenters. The minimum absolute atomic E-state index is 0.296. The van der Waals surface area contributed by atoms with E-state index in [0.29, 0.717) is 25.2 Å². The molecule has 1 aliphatic heterocycles. The van der Waals surface area contributed by atoms with E-state index in [9.17, 15) is 9.65 Å².